The normalized spacial score (nSPS) is 13.2. The van der Waals surface area contributed by atoms with Gasteiger partial charge in [-0.15, -0.1) is 0 Å². The van der Waals surface area contributed by atoms with Gasteiger partial charge in [0.2, 0.25) is 7.37 Å². The highest BCUT2D eigenvalue weighted by atomic mass is 32.2. The zero-order valence-electron chi connectivity index (χ0n) is 19.6. The number of nitrogens with zero attached hydrogens (tertiary/aromatic N) is 2. The van der Waals surface area contributed by atoms with Crippen LogP contribution in [0.15, 0.2) is 59.8 Å². The summed E-state index contributed by atoms with van der Waals surface area (Å²) in [6.45, 7) is 4.92. The van der Waals surface area contributed by atoms with Crippen LogP contribution < -0.4 is 14.8 Å². The second-order valence-electron chi connectivity index (χ2n) is 8.26. The summed E-state index contributed by atoms with van der Waals surface area (Å²) in [7, 11) is -6.63. The number of carbonyl (C=O) groups is 1. The number of carbonyl (C=O) groups excluding carboxylic acids is 1. The van der Waals surface area contributed by atoms with E-state index < -0.39 is 23.1 Å². The smallest absolute Gasteiger partial charge is 0.257 e. The average Bonchev–Trinajstić information content (AvgIpc) is 2.73. The summed E-state index contributed by atoms with van der Waals surface area (Å²) >= 11 is 0. The van der Waals surface area contributed by atoms with E-state index >= 15 is 0 Å². The Hall–Kier alpha value is -3.27. The number of sulfone groups is 1. The zero-order chi connectivity index (χ0) is 25.8. The Morgan fingerprint density at radius 3 is 2.26 bits per heavy atom. The van der Waals surface area contributed by atoms with Gasteiger partial charge in [-0.2, -0.15) is 0 Å². The second-order valence-corrected chi connectivity index (χ2v) is 12.7. The molecule has 0 saturated heterocycles. The first-order valence-corrected chi connectivity index (χ1v) is 14.7. The highest BCUT2D eigenvalue weighted by molar-refractivity contribution is 7.90. The molecule has 1 atom stereocenters. The van der Waals surface area contributed by atoms with Crippen molar-refractivity contribution >= 4 is 28.9 Å². The molecule has 10 nitrogen and oxygen atoms in total. The van der Waals surface area contributed by atoms with Crippen LogP contribution in [0.4, 0.5) is 5.82 Å². The number of benzene rings is 2. The van der Waals surface area contributed by atoms with Crippen LogP contribution in [0, 0.1) is 0 Å². The van der Waals surface area contributed by atoms with E-state index in [0.717, 1.165) is 6.26 Å². The molecule has 0 saturated carbocycles. The van der Waals surface area contributed by atoms with Gasteiger partial charge in [-0.1, -0.05) is 0 Å². The molecule has 2 aromatic carbocycles. The molecule has 3 aromatic rings. The number of hydrogen-bond acceptors (Lipinski definition) is 8. The summed E-state index contributed by atoms with van der Waals surface area (Å²) in [5, 5.41) is 2.62. The highest BCUT2D eigenvalue weighted by Gasteiger charge is 2.15. The predicted molar refractivity (Wildman–Crippen MR) is 131 cm³/mol. The van der Waals surface area contributed by atoms with Gasteiger partial charge in [0.05, 0.1) is 35.2 Å². The molecular weight excluding hydrogens is 493 g/mol. The minimum atomic E-state index is -3.34. The van der Waals surface area contributed by atoms with Crippen molar-refractivity contribution in [2.75, 3.05) is 18.2 Å². The summed E-state index contributed by atoms with van der Waals surface area (Å²) in [6.07, 6.45) is 3.48. The molecule has 12 heteroatoms. The maximum atomic E-state index is 12.9. The number of anilines is 1. The number of ether oxygens (including phenoxy) is 2. The standard InChI is InChI=1S/C23H26N3O7PS/c1-15(2)32-19-9-16(23(27)26-22-13-24-17(12-25-22)14-34(3,28)29)10-20(11-19)33-18-5-7-21(8-6-18)35(4,30)31/h5-13,15H,14H2,1-4H3,(H,28,29)(H,25,26,27). The molecule has 0 bridgehead atoms. The van der Waals surface area contributed by atoms with Crippen molar-refractivity contribution in [3.05, 3.63) is 66.1 Å². The molecular formula is C23H26N3O7PS. The predicted octanol–water partition coefficient (Wildman–Crippen LogP) is 4.11. The van der Waals surface area contributed by atoms with E-state index in [4.69, 9.17) is 9.47 Å². The summed E-state index contributed by atoms with van der Waals surface area (Å²) < 4.78 is 46.4. The highest BCUT2D eigenvalue weighted by Crippen LogP contribution is 2.38. The molecule has 35 heavy (non-hydrogen) atoms. The third-order valence-corrected chi connectivity index (χ3v) is 6.44. The average molecular weight is 520 g/mol. The fourth-order valence-electron chi connectivity index (χ4n) is 2.98. The monoisotopic (exact) mass is 519 g/mol. The van der Waals surface area contributed by atoms with Crippen LogP contribution in [-0.2, 0) is 20.6 Å². The van der Waals surface area contributed by atoms with E-state index in [9.17, 15) is 22.7 Å². The van der Waals surface area contributed by atoms with Crippen molar-refractivity contribution in [1.29, 1.82) is 0 Å². The molecule has 186 valence electrons. The second kappa shape index (κ2) is 10.6. The summed E-state index contributed by atoms with van der Waals surface area (Å²) in [4.78, 5) is 30.7. The first kappa shape index (κ1) is 26.3. The van der Waals surface area contributed by atoms with E-state index in [1.165, 1.54) is 49.4 Å². The molecule has 0 fully saturated rings. The molecule has 0 aliphatic heterocycles. The maximum Gasteiger partial charge on any atom is 0.257 e. The SMILES string of the molecule is CC(C)Oc1cc(Oc2ccc(S(C)(=O)=O)cc2)cc(C(=O)Nc2cnc(CP(C)(=O)O)cn2)c1. The van der Waals surface area contributed by atoms with Crippen LogP contribution in [0.2, 0.25) is 0 Å². The van der Waals surface area contributed by atoms with Crippen LogP contribution in [0.1, 0.15) is 29.9 Å². The largest absolute Gasteiger partial charge is 0.491 e. The third-order valence-electron chi connectivity index (χ3n) is 4.40. The lowest BCUT2D eigenvalue weighted by atomic mass is 10.2. The van der Waals surface area contributed by atoms with Gasteiger partial charge in [0, 0.05) is 24.6 Å². The van der Waals surface area contributed by atoms with Crippen LogP contribution in [0.5, 0.6) is 17.2 Å². The number of nitrogens with one attached hydrogen (secondary N) is 1. The van der Waals surface area contributed by atoms with E-state index in [1.807, 2.05) is 13.8 Å². The Morgan fingerprint density at radius 2 is 1.71 bits per heavy atom. The van der Waals surface area contributed by atoms with Gasteiger partial charge in [-0.25, -0.2) is 13.4 Å². The quantitative estimate of drug-likeness (QED) is 0.399. The zero-order valence-corrected chi connectivity index (χ0v) is 21.3. The molecule has 0 aliphatic rings. The molecule has 0 radical (unpaired) electrons. The van der Waals surface area contributed by atoms with Crippen molar-refractivity contribution in [2.24, 2.45) is 0 Å². The summed E-state index contributed by atoms with van der Waals surface area (Å²) in [5.74, 6) is 0.754. The van der Waals surface area contributed by atoms with E-state index in [2.05, 4.69) is 15.3 Å². The summed E-state index contributed by atoms with van der Waals surface area (Å²) in [6, 6.07) is 10.6. The molecule has 2 N–H and O–H groups in total. The number of aromatic nitrogens is 2. The fourth-order valence-corrected chi connectivity index (χ4v) is 4.38. The minimum absolute atomic E-state index is 0.116. The molecule has 1 amide bonds. The maximum absolute atomic E-state index is 12.9. The van der Waals surface area contributed by atoms with Crippen LogP contribution >= 0.6 is 7.37 Å². The van der Waals surface area contributed by atoms with Crippen molar-refractivity contribution in [2.45, 2.75) is 31.0 Å². The Bertz CT molecular complexity index is 1350. The van der Waals surface area contributed by atoms with Gasteiger partial charge in [0.15, 0.2) is 15.7 Å². The van der Waals surface area contributed by atoms with Gasteiger partial charge in [0.25, 0.3) is 5.91 Å². The van der Waals surface area contributed by atoms with Crippen molar-refractivity contribution in [3.8, 4) is 17.2 Å². The molecule has 1 heterocycles. The fraction of sp³-hybridized carbons (Fsp3) is 0.261. The first-order chi connectivity index (χ1) is 16.3. The summed E-state index contributed by atoms with van der Waals surface area (Å²) in [5.41, 5.74) is 0.562. The Kier molecular flexibility index (Phi) is 7.94. The van der Waals surface area contributed by atoms with Crippen molar-refractivity contribution < 1.29 is 32.1 Å². The minimum Gasteiger partial charge on any atom is -0.491 e. The van der Waals surface area contributed by atoms with Gasteiger partial charge < -0.3 is 19.7 Å². The third kappa shape index (κ3) is 8.17. The van der Waals surface area contributed by atoms with Crippen molar-refractivity contribution in [1.82, 2.24) is 9.97 Å². The first-order valence-electron chi connectivity index (χ1n) is 10.5. The molecule has 0 spiro atoms. The molecule has 3 rings (SSSR count). The van der Waals surface area contributed by atoms with E-state index in [-0.39, 0.29) is 28.5 Å². The molecule has 1 unspecified atom stereocenters. The van der Waals surface area contributed by atoms with Crippen LogP contribution in [0.25, 0.3) is 0 Å². The topological polar surface area (TPSA) is 145 Å². The molecule has 1 aromatic heterocycles. The lowest BCUT2D eigenvalue weighted by Gasteiger charge is -2.14. The van der Waals surface area contributed by atoms with Gasteiger partial charge in [-0.05, 0) is 50.2 Å². The van der Waals surface area contributed by atoms with Gasteiger partial charge >= 0.3 is 0 Å². The Morgan fingerprint density at radius 1 is 1.06 bits per heavy atom. The molecule has 0 aliphatic carbocycles. The number of hydrogen-bond donors (Lipinski definition) is 2. The number of amides is 1. The van der Waals surface area contributed by atoms with Crippen molar-refractivity contribution in [3.63, 3.8) is 0 Å². The van der Waals surface area contributed by atoms with Crippen LogP contribution in [0.3, 0.4) is 0 Å². The number of rotatable bonds is 9. The lowest BCUT2D eigenvalue weighted by molar-refractivity contribution is 0.102. The van der Waals surface area contributed by atoms with E-state index in [1.54, 1.807) is 12.1 Å². The van der Waals surface area contributed by atoms with Crippen LogP contribution in [-0.4, -0.2) is 48.2 Å². The Labute approximate surface area is 203 Å². The lowest BCUT2D eigenvalue weighted by Crippen LogP contribution is -2.14. The van der Waals surface area contributed by atoms with E-state index in [0.29, 0.717) is 22.9 Å². The Balaban J connectivity index is 1.82. The van der Waals surface area contributed by atoms with Gasteiger partial charge in [0.1, 0.15) is 17.2 Å². The van der Waals surface area contributed by atoms with Gasteiger partial charge in [-0.3, -0.25) is 14.3 Å².